The van der Waals surface area contributed by atoms with Crippen LogP contribution in [-0.4, -0.2) is 66.9 Å². The highest BCUT2D eigenvalue weighted by Gasteiger charge is 2.33. The molecular formula is C28H36FN3O5S. The van der Waals surface area contributed by atoms with Gasteiger partial charge in [-0.25, -0.2) is 9.18 Å². The average molecular weight is 546 g/mol. The highest BCUT2D eigenvalue weighted by atomic mass is 32.3. The molecule has 0 aliphatic carbocycles. The summed E-state index contributed by atoms with van der Waals surface area (Å²) < 4.78 is 26.7. The fraction of sp³-hybridized carbons (Fsp3) is 0.464. The van der Waals surface area contributed by atoms with E-state index in [0.717, 1.165) is 11.3 Å². The van der Waals surface area contributed by atoms with Crippen LogP contribution in [0.25, 0.3) is 11.1 Å². The number of halogens is 1. The molecule has 38 heavy (non-hydrogen) atoms. The van der Waals surface area contributed by atoms with E-state index in [0.29, 0.717) is 29.8 Å². The number of nitrogens with zero attached hydrogens (tertiary/aromatic N) is 2. The fourth-order valence-electron chi connectivity index (χ4n) is 3.96. The summed E-state index contributed by atoms with van der Waals surface area (Å²) in [7, 11) is -1.24. The molecule has 2 aliphatic rings. The normalized spacial score (nSPS) is 20.1. The number of hydrogen-bond acceptors (Lipinski definition) is 6. The van der Waals surface area contributed by atoms with Gasteiger partial charge in [-0.15, -0.1) is 10.3 Å². The summed E-state index contributed by atoms with van der Waals surface area (Å²) in [6.45, 7) is 8.88. The molecule has 10 heteroatoms. The van der Waals surface area contributed by atoms with Crippen LogP contribution in [0.1, 0.15) is 39.7 Å². The summed E-state index contributed by atoms with van der Waals surface area (Å²) in [5.74, 6) is -0.653. The Kier molecular flexibility index (Phi) is 8.04. The molecule has 0 saturated carbocycles. The lowest BCUT2D eigenvalue weighted by Gasteiger charge is -2.44. The molecule has 206 valence electrons. The van der Waals surface area contributed by atoms with Gasteiger partial charge in [0.15, 0.2) is 6.10 Å². The van der Waals surface area contributed by atoms with Gasteiger partial charge < -0.3 is 19.1 Å². The number of anilines is 1. The number of amides is 2. The van der Waals surface area contributed by atoms with E-state index in [1.165, 1.54) is 17.9 Å². The zero-order valence-corrected chi connectivity index (χ0v) is 23.6. The zero-order chi connectivity index (χ0) is 27.7. The second-order valence-electron chi connectivity index (χ2n) is 10.9. The SMILES string of the molecule is CC(=O)NCC1CN(c2ccc(-c3ccc(C4=NOC(COS(C)(C)C(C)(C)C)C4)cc3)c(F)c2)C(=O)O1. The molecule has 1 fully saturated rings. The molecule has 2 heterocycles. The molecule has 1 N–H and O–H groups in total. The number of nitrogens with one attached hydrogen (secondary N) is 1. The second-order valence-corrected chi connectivity index (χ2v) is 14.8. The molecule has 2 atom stereocenters. The minimum absolute atomic E-state index is 0.0760. The standard InChI is InChI=1S/C28H36FN3O5S/c1-18(33)30-15-23-16-32(27(34)36-23)21-11-12-24(25(29)13-21)19-7-9-20(10-8-19)26-14-22(37-31-26)17-35-38(5,6)28(2,3)4/h7-13,22-23H,14-17H2,1-6H3,(H,30,33). The summed E-state index contributed by atoms with van der Waals surface area (Å²) in [6, 6.07) is 12.2. The quantitative estimate of drug-likeness (QED) is 0.490. The van der Waals surface area contributed by atoms with Crippen molar-refractivity contribution in [1.29, 1.82) is 0 Å². The predicted octanol–water partition coefficient (Wildman–Crippen LogP) is 5.24. The average Bonchev–Trinajstić information content (AvgIpc) is 3.47. The molecule has 4 rings (SSSR count). The van der Waals surface area contributed by atoms with Gasteiger partial charge in [0.2, 0.25) is 5.91 Å². The topological polar surface area (TPSA) is 89.5 Å². The van der Waals surface area contributed by atoms with Crippen molar-refractivity contribution < 1.29 is 27.7 Å². The van der Waals surface area contributed by atoms with E-state index in [1.54, 1.807) is 12.1 Å². The van der Waals surface area contributed by atoms with Crippen LogP contribution in [0, 0.1) is 5.82 Å². The smallest absolute Gasteiger partial charge is 0.414 e. The van der Waals surface area contributed by atoms with Gasteiger partial charge in [0, 0.05) is 23.7 Å². The van der Waals surface area contributed by atoms with E-state index in [1.807, 2.05) is 24.3 Å². The van der Waals surface area contributed by atoms with Crippen LogP contribution in [-0.2, 0) is 18.6 Å². The Morgan fingerprint density at radius 3 is 2.47 bits per heavy atom. The number of carbonyl (C=O) groups is 2. The van der Waals surface area contributed by atoms with Crippen LogP contribution < -0.4 is 10.2 Å². The van der Waals surface area contributed by atoms with E-state index >= 15 is 4.39 Å². The number of carbonyl (C=O) groups excluding carboxylic acids is 2. The molecule has 8 nitrogen and oxygen atoms in total. The van der Waals surface area contributed by atoms with E-state index < -0.39 is 28.3 Å². The van der Waals surface area contributed by atoms with Crippen LogP contribution in [0.4, 0.5) is 14.9 Å². The lowest BCUT2D eigenvalue weighted by atomic mass is 9.99. The predicted molar refractivity (Wildman–Crippen MR) is 149 cm³/mol. The maximum Gasteiger partial charge on any atom is 0.414 e. The molecule has 2 amide bonds. The van der Waals surface area contributed by atoms with Crippen molar-refractivity contribution in [2.75, 3.05) is 37.1 Å². The van der Waals surface area contributed by atoms with E-state index in [4.69, 9.17) is 13.8 Å². The largest absolute Gasteiger partial charge is 0.442 e. The van der Waals surface area contributed by atoms with E-state index in [2.05, 4.69) is 43.8 Å². The fourth-order valence-corrected chi connectivity index (χ4v) is 4.80. The van der Waals surface area contributed by atoms with Gasteiger partial charge >= 0.3 is 6.09 Å². The Hall–Kier alpha value is -3.11. The third-order valence-corrected chi connectivity index (χ3v) is 10.7. The summed E-state index contributed by atoms with van der Waals surface area (Å²) in [6.07, 6.45) is 3.80. The maximum absolute atomic E-state index is 15.1. The van der Waals surface area contributed by atoms with Crippen LogP contribution in [0.3, 0.4) is 0 Å². The van der Waals surface area contributed by atoms with Crippen LogP contribution >= 0.6 is 10.3 Å². The van der Waals surface area contributed by atoms with E-state index in [9.17, 15) is 9.59 Å². The van der Waals surface area contributed by atoms with Crippen LogP contribution in [0.2, 0.25) is 0 Å². The van der Waals surface area contributed by atoms with Crippen molar-refractivity contribution in [3.8, 4) is 11.1 Å². The lowest BCUT2D eigenvalue weighted by molar-refractivity contribution is -0.119. The van der Waals surface area contributed by atoms with Gasteiger partial charge in [0.25, 0.3) is 0 Å². The number of benzene rings is 2. The summed E-state index contributed by atoms with van der Waals surface area (Å²) >= 11 is 0. The van der Waals surface area contributed by atoms with Crippen molar-refractivity contribution in [2.45, 2.75) is 51.1 Å². The van der Waals surface area contributed by atoms with Gasteiger partial charge in [0.05, 0.1) is 31.1 Å². The number of cyclic esters (lactones) is 1. The molecule has 1 saturated heterocycles. The Bertz CT molecular complexity index is 1230. The first-order valence-corrected chi connectivity index (χ1v) is 14.9. The summed E-state index contributed by atoms with van der Waals surface area (Å²) in [5.41, 5.74) is 3.29. The number of rotatable bonds is 8. The Balaban J connectivity index is 1.37. The molecule has 2 aromatic carbocycles. The zero-order valence-electron chi connectivity index (χ0n) is 22.7. The number of hydrogen-bond donors (Lipinski definition) is 1. The van der Waals surface area contributed by atoms with Crippen LogP contribution in [0.15, 0.2) is 47.6 Å². The Morgan fingerprint density at radius 1 is 1.16 bits per heavy atom. The van der Waals surface area contributed by atoms with Gasteiger partial charge in [0.1, 0.15) is 11.9 Å². The minimum atomic E-state index is -1.24. The lowest BCUT2D eigenvalue weighted by Crippen LogP contribution is -2.33. The molecule has 2 aromatic rings. The first-order valence-electron chi connectivity index (χ1n) is 12.6. The monoisotopic (exact) mass is 545 g/mol. The molecule has 2 unspecified atom stereocenters. The maximum atomic E-state index is 15.1. The summed E-state index contributed by atoms with van der Waals surface area (Å²) in [4.78, 5) is 30.4. The van der Waals surface area contributed by atoms with E-state index in [-0.39, 0.29) is 29.8 Å². The Morgan fingerprint density at radius 2 is 1.84 bits per heavy atom. The van der Waals surface area contributed by atoms with Crippen LogP contribution in [0.5, 0.6) is 0 Å². The summed E-state index contributed by atoms with van der Waals surface area (Å²) in [5, 5.41) is 6.89. The highest BCUT2D eigenvalue weighted by molar-refractivity contribution is 8.29. The van der Waals surface area contributed by atoms with Crippen molar-refractivity contribution in [2.24, 2.45) is 5.16 Å². The number of oxime groups is 1. The second kappa shape index (κ2) is 10.9. The van der Waals surface area contributed by atoms with Crippen molar-refractivity contribution in [1.82, 2.24) is 5.32 Å². The highest BCUT2D eigenvalue weighted by Crippen LogP contribution is 2.53. The first kappa shape index (κ1) is 27.9. The molecule has 0 radical (unpaired) electrons. The van der Waals surface area contributed by atoms with Crippen molar-refractivity contribution in [3.05, 3.63) is 53.8 Å². The first-order chi connectivity index (χ1) is 17.8. The number of ether oxygens (including phenoxy) is 1. The molecule has 0 aromatic heterocycles. The molecular weight excluding hydrogens is 509 g/mol. The minimum Gasteiger partial charge on any atom is -0.442 e. The van der Waals surface area contributed by atoms with Gasteiger partial charge in [-0.2, -0.15) is 0 Å². The van der Waals surface area contributed by atoms with Crippen molar-refractivity contribution in [3.63, 3.8) is 0 Å². The molecule has 2 aliphatic heterocycles. The van der Waals surface area contributed by atoms with Gasteiger partial charge in [-0.3, -0.25) is 9.69 Å². The van der Waals surface area contributed by atoms with Gasteiger partial charge in [-0.05, 0) is 41.8 Å². The van der Waals surface area contributed by atoms with Crippen molar-refractivity contribution >= 4 is 33.7 Å². The Labute approximate surface area is 225 Å². The third-order valence-electron chi connectivity index (χ3n) is 7.00. The molecule has 0 spiro atoms. The van der Waals surface area contributed by atoms with Gasteiger partial charge in [-0.1, -0.05) is 50.2 Å². The third kappa shape index (κ3) is 6.30. The molecule has 0 bridgehead atoms.